The molecule has 5 heteroatoms. The van der Waals surface area contributed by atoms with Crippen molar-refractivity contribution in [3.05, 3.63) is 39.9 Å². The molecule has 66 valence electrons. The van der Waals surface area contributed by atoms with Gasteiger partial charge in [-0.25, -0.2) is 0 Å². The van der Waals surface area contributed by atoms with E-state index in [9.17, 15) is 10.1 Å². The summed E-state index contributed by atoms with van der Waals surface area (Å²) in [7, 11) is 0. The third kappa shape index (κ3) is 3.09. The number of non-ortho nitro benzene ring substituents is 1. The molecule has 0 amide bonds. The number of hydrogen-bond acceptors (Lipinski definition) is 4. The Balaban J connectivity index is 0.000000561. The average Bonchev–Trinajstić information content (AvgIpc) is 2.09. The minimum atomic E-state index is -0.403. The van der Waals surface area contributed by atoms with E-state index in [1.807, 2.05) is 6.92 Å². The van der Waals surface area contributed by atoms with Gasteiger partial charge < -0.3 is 0 Å². The van der Waals surface area contributed by atoms with Crippen LogP contribution in [0.3, 0.4) is 0 Å². The first-order chi connectivity index (χ1) is 5.70. The summed E-state index contributed by atoms with van der Waals surface area (Å²) < 4.78 is 0. The Morgan fingerprint density at radius 1 is 1.25 bits per heavy atom. The predicted molar refractivity (Wildman–Crippen MR) is 46.2 cm³/mol. The van der Waals surface area contributed by atoms with Crippen molar-refractivity contribution in [1.82, 2.24) is 0 Å². The number of nitro groups is 1. The van der Waals surface area contributed by atoms with Crippen molar-refractivity contribution in [2.24, 2.45) is 11.7 Å². The fourth-order valence-corrected chi connectivity index (χ4v) is 0.666. The van der Waals surface area contributed by atoms with Gasteiger partial charge in [0.05, 0.1) is 4.92 Å². The Morgan fingerprint density at radius 3 is 2.00 bits per heavy atom. The summed E-state index contributed by atoms with van der Waals surface area (Å²) in [6, 6.07) is 6.43. The first kappa shape index (κ1) is 10.5. The van der Waals surface area contributed by atoms with E-state index in [1.54, 1.807) is 12.1 Å². The second kappa shape index (κ2) is 5.22. The van der Waals surface area contributed by atoms with E-state index in [4.69, 9.17) is 0 Å². The van der Waals surface area contributed by atoms with Gasteiger partial charge in [-0.05, 0) is 6.92 Å². The van der Waals surface area contributed by atoms with E-state index < -0.39 is 4.92 Å². The van der Waals surface area contributed by atoms with Crippen LogP contribution in [-0.2, 0) is 0 Å². The first-order valence-corrected chi connectivity index (χ1v) is 3.24. The van der Waals surface area contributed by atoms with Crippen molar-refractivity contribution in [2.45, 2.75) is 6.92 Å². The molecule has 0 atom stereocenters. The molecule has 0 saturated carbocycles. The third-order valence-corrected chi connectivity index (χ3v) is 1.24. The first-order valence-electron chi connectivity index (χ1n) is 3.24. The second-order valence-electron chi connectivity index (χ2n) is 2.09. The molecule has 4 N–H and O–H groups in total. The van der Waals surface area contributed by atoms with Gasteiger partial charge in [-0.3, -0.25) is 21.8 Å². The number of nitro benzene ring substituents is 1. The zero-order chi connectivity index (χ0) is 9.56. The summed E-state index contributed by atoms with van der Waals surface area (Å²) in [6.45, 7) is 1.89. The fraction of sp³-hybridized carbons (Fsp3) is 0.143. The number of nitrogens with zero attached hydrogens (tertiary/aromatic N) is 1. The standard InChI is InChI=1S/C7H7NO2.H4N2/c1-6-2-4-7(5-3-6)8(9)10;1-2/h2-5H,1H3;1-2H2. The van der Waals surface area contributed by atoms with Crippen LogP contribution in [0.25, 0.3) is 0 Å². The molecule has 0 aliphatic heterocycles. The van der Waals surface area contributed by atoms with Crippen LogP contribution in [0.4, 0.5) is 5.69 Å². The zero-order valence-electron chi connectivity index (χ0n) is 6.73. The van der Waals surface area contributed by atoms with E-state index in [2.05, 4.69) is 11.7 Å². The summed E-state index contributed by atoms with van der Waals surface area (Å²) in [5, 5.41) is 10.1. The summed E-state index contributed by atoms with van der Waals surface area (Å²) >= 11 is 0. The molecule has 0 unspecified atom stereocenters. The molecule has 0 fully saturated rings. The van der Waals surface area contributed by atoms with E-state index in [-0.39, 0.29) is 5.69 Å². The lowest BCUT2D eigenvalue weighted by Crippen LogP contribution is -2.02. The molecule has 0 spiro atoms. The van der Waals surface area contributed by atoms with Gasteiger partial charge in [0, 0.05) is 12.1 Å². The molecule has 0 aliphatic rings. The molecule has 0 radical (unpaired) electrons. The summed E-state index contributed by atoms with van der Waals surface area (Å²) in [5.74, 6) is 8.00. The fourth-order valence-electron chi connectivity index (χ4n) is 0.666. The summed E-state index contributed by atoms with van der Waals surface area (Å²) in [5.41, 5.74) is 1.18. The minimum absolute atomic E-state index is 0.144. The minimum Gasteiger partial charge on any atom is -0.274 e. The molecule has 0 saturated heterocycles. The Labute approximate surface area is 70.1 Å². The van der Waals surface area contributed by atoms with Crippen LogP contribution in [0.5, 0.6) is 0 Å². The largest absolute Gasteiger partial charge is 0.274 e. The Bertz CT molecular complexity index is 245. The van der Waals surface area contributed by atoms with Crippen molar-refractivity contribution in [3.8, 4) is 0 Å². The van der Waals surface area contributed by atoms with Crippen LogP contribution in [0.2, 0.25) is 0 Å². The molecule has 5 nitrogen and oxygen atoms in total. The SMILES string of the molecule is Cc1ccc([N+](=O)[O-])cc1.NN. The number of nitrogens with two attached hydrogens (primary N) is 2. The quantitative estimate of drug-likeness (QED) is 0.368. The molecular formula is C7H11N3O2. The number of hydrogen-bond donors (Lipinski definition) is 2. The van der Waals surface area contributed by atoms with Gasteiger partial charge in [0.1, 0.15) is 0 Å². The van der Waals surface area contributed by atoms with Crippen LogP contribution in [-0.4, -0.2) is 4.92 Å². The number of hydrazine groups is 1. The maximum absolute atomic E-state index is 10.1. The highest BCUT2D eigenvalue weighted by Crippen LogP contribution is 2.10. The van der Waals surface area contributed by atoms with Crippen molar-refractivity contribution in [2.75, 3.05) is 0 Å². The lowest BCUT2D eigenvalue weighted by atomic mass is 10.2. The van der Waals surface area contributed by atoms with Crippen molar-refractivity contribution in [1.29, 1.82) is 0 Å². The molecule has 1 aromatic rings. The summed E-state index contributed by atoms with van der Waals surface area (Å²) in [4.78, 5) is 9.71. The van der Waals surface area contributed by atoms with Crippen LogP contribution >= 0.6 is 0 Å². The van der Waals surface area contributed by atoms with E-state index >= 15 is 0 Å². The normalized spacial score (nSPS) is 8.25. The molecule has 0 bridgehead atoms. The molecular weight excluding hydrogens is 158 g/mol. The van der Waals surface area contributed by atoms with Gasteiger partial charge >= 0.3 is 0 Å². The molecule has 0 aromatic heterocycles. The highest BCUT2D eigenvalue weighted by Gasteiger charge is 2.00. The van der Waals surface area contributed by atoms with Gasteiger partial charge in [-0.2, -0.15) is 0 Å². The maximum Gasteiger partial charge on any atom is 0.269 e. The van der Waals surface area contributed by atoms with Gasteiger partial charge in [0.25, 0.3) is 5.69 Å². The van der Waals surface area contributed by atoms with Gasteiger partial charge in [0.2, 0.25) is 0 Å². The van der Waals surface area contributed by atoms with Crippen LogP contribution in [0, 0.1) is 17.0 Å². The third-order valence-electron chi connectivity index (χ3n) is 1.24. The second-order valence-corrected chi connectivity index (χ2v) is 2.09. The molecule has 1 aromatic carbocycles. The topological polar surface area (TPSA) is 95.2 Å². The van der Waals surface area contributed by atoms with Gasteiger partial charge in [-0.15, -0.1) is 0 Å². The lowest BCUT2D eigenvalue weighted by Gasteiger charge is -1.90. The molecule has 12 heavy (non-hydrogen) atoms. The van der Waals surface area contributed by atoms with Crippen molar-refractivity contribution < 1.29 is 4.92 Å². The van der Waals surface area contributed by atoms with Crippen LogP contribution < -0.4 is 11.7 Å². The van der Waals surface area contributed by atoms with Crippen molar-refractivity contribution >= 4 is 5.69 Å². The maximum atomic E-state index is 10.1. The Morgan fingerprint density at radius 2 is 1.67 bits per heavy atom. The van der Waals surface area contributed by atoms with Gasteiger partial charge in [0.15, 0.2) is 0 Å². The molecule has 0 aliphatic carbocycles. The predicted octanol–water partition coefficient (Wildman–Crippen LogP) is 0.722. The smallest absolute Gasteiger partial charge is 0.269 e. The zero-order valence-corrected chi connectivity index (χ0v) is 6.73. The number of rotatable bonds is 1. The Kier molecular flexibility index (Phi) is 4.59. The van der Waals surface area contributed by atoms with Crippen molar-refractivity contribution in [3.63, 3.8) is 0 Å². The summed E-state index contributed by atoms with van der Waals surface area (Å²) in [6.07, 6.45) is 0. The van der Waals surface area contributed by atoms with Crippen LogP contribution in [0.15, 0.2) is 24.3 Å². The van der Waals surface area contributed by atoms with E-state index in [0.717, 1.165) is 5.56 Å². The van der Waals surface area contributed by atoms with E-state index in [0.29, 0.717) is 0 Å². The average molecular weight is 169 g/mol. The van der Waals surface area contributed by atoms with E-state index in [1.165, 1.54) is 12.1 Å². The molecule has 1 rings (SSSR count). The number of aryl methyl sites for hydroxylation is 1. The highest BCUT2D eigenvalue weighted by molar-refractivity contribution is 5.31. The van der Waals surface area contributed by atoms with Gasteiger partial charge in [-0.1, -0.05) is 17.7 Å². The highest BCUT2D eigenvalue weighted by atomic mass is 16.6. The Hall–Kier alpha value is -1.46. The molecule has 0 heterocycles. The van der Waals surface area contributed by atoms with Crippen LogP contribution in [0.1, 0.15) is 5.56 Å². The monoisotopic (exact) mass is 169 g/mol. The number of benzene rings is 1. The lowest BCUT2D eigenvalue weighted by molar-refractivity contribution is -0.384.